The van der Waals surface area contributed by atoms with Gasteiger partial charge in [-0.3, -0.25) is 0 Å². The molecule has 0 aliphatic heterocycles. The van der Waals surface area contributed by atoms with Gasteiger partial charge in [0.25, 0.3) is 0 Å². The number of benzene rings is 1. The topological polar surface area (TPSA) is 0 Å². The van der Waals surface area contributed by atoms with Crippen LogP contribution in [0, 0.1) is 17.4 Å². The van der Waals surface area contributed by atoms with Crippen LogP contribution < -0.4 is 0 Å². The first-order valence-electron chi connectivity index (χ1n) is 6.99. The molecule has 0 nitrogen and oxygen atoms in total. The maximum atomic E-state index is 3.40. The van der Waals surface area contributed by atoms with E-state index in [2.05, 4.69) is 69.2 Å². The molecule has 1 aromatic rings. The van der Waals surface area contributed by atoms with Crippen molar-refractivity contribution in [2.75, 3.05) is 0 Å². The minimum atomic E-state index is -1.25. The molecule has 0 radical (unpaired) electrons. The third-order valence-corrected chi connectivity index (χ3v) is 3.66. The van der Waals surface area contributed by atoms with E-state index in [1.165, 1.54) is 24.8 Å². The van der Waals surface area contributed by atoms with Gasteiger partial charge >= 0.3 is 0 Å². The largest absolute Gasteiger partial charge is 0.129 e. The summed E-state index contributed by atoms with van der Waals surface area (Å²) in [5, 5.41) is 0. The van der Waals surface area contributed by atoms with Gasteiger partial charge in [-0.15, -0.1) is 5.54 Å². The second kappa shape index (κ2) is 6.80. The molecule has 0 amide bonds. The first-order chi connectivity index (χ1) is 8.37. The highest BCUT2D eigenvalue weighted by molar-refractivity contribution is 6.83. The Hall–Kier alpha value is -1.00. The second-order valence-electron chi connectivity index (χ2n) is 6.48. The van der Waals surface area contributed by atoms with Crippen molar-refractivity contribution in [2.45, 2.75) is 52.8 Å². The molecule has 0 aliphatic carbocycles. The van der Waals surface area contributed by atoms with Crippen molar-refractivity contribution in [3.63, 3.8) is 0 Å². The second-order valence-corrected chi connectivity index (χ2v) is 11.2. The molecule has 1 aromatic carbocycles. The van der Waals surface area contributed by atoms with Crippen molar-refractivity contribution in [2.24, 2.45) is 5.92 Å². The fourth-order valence-electron chi connectivity index (χ4n) is 1.73. The van der Waals surface area contributed by atoms with E-state index in [-0.39, 0.29) is 0 Å². The van der Waals surface area contributed by atoms with Crippen molar-refractivity contribution >= 4 is 8.07 Å². The summed E-state index contributed by atoms with van der Waals surface area (Å²) in [6, 6.07) is 8.79. The van der Waals surface area contributed by atoms with Crippen LogP contribution in [-0.4, -0.2) is 8.07 Å². The molecule has 0 spiro atoms. The summed E-state index contributed by atoms with van der Waals surface area (Å²) in [4.78, 5) is 0. The van der Waals surface area contributed by atoms with Gasteiger partial charge in [-0.1, -0.05) is 58.0 Å². The van der Waals surface area contributed by atoms with Crippen LogP contribution in [0.2, 0.25) is 19.6 Å². The minimum Gasteiger partial charge on any atom is -0.127 e. The van der Waals surface area contributed by atoms with Gasteiger partial charge in [-0.05, 0) is 36.5 Å². The molecule has 0 saturated carbocycles. The van der Waals surface area contributed by atoms with Crippen LogP contribution in [0.3, 0.4) is 0 Å². The molecule has 1 rings (SSSR count). The Balaban J connectivity index is 2.54. The minimum absolute atomic E-state index is 0.812. The lowest BCUT2D eigenvalue weighted by atomic mass is 10.0. The lowest BCUT2D eigenvalue weighted by Gasteiger charge is -2.05. The van der Waals surface area contributed by atoms with Crippen LogP contribution in [0.5, 0.6) is 0 Å². The van der Waals surface area contributed by atoms with Gasteiger partial charge in [0.05, 0.1) is 0 Å². The highest BCUT2D eigenvalue weighted by Crippen LogP contribution is 2.11. The predicted molar refractivity (Wildman–Crippen MR) is 84.4 cm³/mol. The van der Waals surface area contributed by atoms with Crippen molar-refractivity contribution in [3.8, 4) is 11.5 Å². The third kappa shape index (κ3) is 6.66. The molecule has 18 heavy (non-hydrogen) atoms. The van der Waals surface area contributed by atoms with Gasteiger partial charge in [-0.25, -0.2) is 0 Å². The molecule has 0 unspecified atom stereocenters. The van der Waals surface area contributed by atoms with Crippen LogP contribution in [-0.2, 0) is 6.42 Å². The Bertz CT molecular complexity index is 410. The van der Waals surface area contributed by atoms with Crippen molar-refractivity contribution in [1.82, 2.24) is 0 Å². The number of aryl methyl sites for hydroxylation is 1. The number of hydrogen-bond donors (Lipinski definition) is 0. The molecule has 0 fully saturated rings. The van der Waals surface area contributed by atoms with Gasteiger partial charge in [0.1, 0.15) is 8.07 Å². The van der Waals surface area contributed by atoms with E-state index in [9.17, 15) is 0 Å². The lowest BCUT2D eigenvalue weighted by Crippen LogP contribution is -2.16. The zero-order valence-corrected chi connectivity index (χ0v) is 13.5. The molecule has 0 aromatic heterocycles. The molecule has 0 aliphatic rings. The summed E-state index contributed by atoms with van der Waals surface area (Å²) < 4.78 is 0. The fourth-order valence-corrected chi connectivity index (χ4v) is 2.25. The molecule has 0 heterocycles. The van der Waals surface area contributed by atoms with Gasteiger partial charge in [0, 0.05) is 5.56 Å². The van der Waals surface area contributed by atoms with E-state index in [1.807, 2.05) is 0 Å². The lowest BCUT2D eigenvalue weighted by molar-refractivity contribution is 0.556. The quantitative estimate of drug-likeness (QED) is 0.532. The van der Waals surface area contributed by atoms with Gasteiger partial charge in [-0.2, -0.15) is 0 Å². The summed E-state index contributed by atoms with van der Waals surface area (Å²) in [6.07, 6.45) is 3.80. The van der Waals surface area contributed by atoms with Gasteiger partial charge in [0.15, 0.2) is 0 Å². The third-order valence-electron chi connectivity index (χ3n) is 2.78. The van der Waals surface area contributed by atoms with Crippen molar-refractivity contribution in [3.05, 3.63) is 35.4 Å². The Morgan fingerprint density at radius 1 is 1.06 bits per heavy atom. The molecule has 0 N–H and O–H groups in total. The Morgan fingerprint density at radius 3 is 2.17 bits per heavy atom. The van der Waals surface area contributed by atoms with Crippen LogP contribution in [0.1, 0.15) is 37.8 Å². The summed E-state index contributed by atoms with van der Waals surface area (Å²) in [6.45, 7) is 11.4. The molecular weight excluding hydrogens is 232 g/mol. The maximum Gasteiger partial charge on any atom is 0.129 e. The standard InChI is InChI=1S/C17H26Si/c1-15(2)7-6-8-16-9-11-17(12-10-16)13-14-18(3,4)5/h9-12,15H,6-8H2,1-5H3. The molecule has 98 valence electrons. The van der Waals surface area contributed by atoms with E-state index in [4.69, 9.17) is 0 Å². The first-order valence-corrected chi connectivity index (χ1v) is 10.5. The molecule has 1 heteroatoms. The fraction of sp³-hybridized carbons (Fsp3) is 0.529. The Labute approximate surface area is 114 Å². The summed E-state index contributed by atoms with van der Waals surface area (Å²) >= 11 is 0. The van der Waals surface area contributed by atoms with E-state index < -0.39 is 8.07 Å². The smallest absolute Gasteiger partial charge is 0.127 e. The number of rotatable bonds is 4. The van der Waals surface area contributed by atoms with Crippen LogP contribution in [0.4, 0.5) is 0 Å². The Kier molecular flexibility index (Phi) is 5.69. The summed E-state index contributed by atoms with van der Waals surface area (Å²) in [7, 11) is -1.25. The van der Waals surface area contributed by atoms with Crippen LogP contribution in [0.15, 0.2) is 24.3 Å². The molecule has 0 atom stereocenters. The monoisotopic (exact) mass is 258 g/mol. The van der Waals surface area contributed by atoms with E-state index >= 15 is 0 Å². The van der Waals surface area contributed by atoms with E-state index in [0.29, 0.717) is 0 Å². The zero-order chi connectivity index (χ0) is 13.6. The van der Waals surface area contributed by atoms with Crippen molar-refractivity contribution in [1.29, 1.82) is 0 Å². The van der Waals surface area contributed by atoms with Crippen LogP contribution in [0.25, 0.3) is 0 Å². The molecule has 0 bridgehead atoms. The number of hydrogen-bond acceptors (Lipinski definition) is 0. The normalized spacial score (nSPS) is 11.2. The summed E-state index contributed by atoms with van der Waals surface area (Å²) in [5.74, 6) is 4.11. The highest BCUT2D eigenvalue weighted by atomic mass is 28.3. The highest BCUT2D eigenvalue weighted by Gasteiger charge is 2.07. The van der Waals surface area contributed by atoms with Crippen molar-refractivity contribution < 1.29 is 0 Å². The van der Waals surface area contributed by atoms with E-state index in [1.54, 1.807) is 0 Å². The summed E-state index contributed by atoms with van der Waals surface area (Å²) in [5.41, 5.74) is 6.00. The molecular formula is C17H26Si. The predicted octanol–water partition coefficient (Wildman–Crippen LogP) is 4.89. The van der Waals surface area contributed by atoms with Gasteiger partial charge < -0.3 is 0 Å². The SMILES string of the molecule is CC(C)CCCc1ccc(C#C[Si](C)(C)C)cc1. The Morgan fingerprint density at radius 2 is 1.67 bits per heavy atom. The van der Waals surface area contributed by atoms with Gasteiger partial charge in [0.2, 0.25) is 0 Å². The first kappa shape index (κ1) is 15.1. The molecule has 0 saturated heterocycles. The van der Waals surface area contributed by atoms with E-state index in [0.717, 1.165) is 11.5 Å². The zero-order valence-electron chi connectivity index (χ0n) is 12.5. The maximum absolute atomic E-state index is 3.40. The average Bonchev–Trinajstić information content (AvgIpc) is 2.26. The van der Waals surface area contributed by atoms with Crippen LogP contribution >= 0.6 is 0 Å². The average molecular weight is 258 g/mol.